The Morgan fingerprint density at radius 3 is 2.18 bits per heavy atom. The third kappa shape index (κ3) is 4.87. The molecule has 4 N–H and O–H groups in total. The van der Waals surface area contributed by atoms with Gasteiger partial charge in [-0.25, -0.2) is 9.59 Å². The number of hydrogen-bond donors (Lipinski definition) is 2. The van der Waals surface area contributed by atoms with Crippen molar-refractivity contribution in [2.75, 3.05) is 13.1 Å². The van der Waals surface area contributed by atoms with Crippen molar-refractivity contribution in [3.05, 3.63) is 35.8 Å². The minimum Gasteiger partial charge on any atom is -0.449 e. The number of ether oxygens (including phenoxy) is 2. The van der Waals surface area contributed by atoms with Crippen LogP contribution in [-0.4, -0.2) is 25.3 Å². The molecule has 6 nitrogen and oxygen atoms in total. The smallest absolute Gasteiger partial charge is 0.404 e. The standard InChI is InChI=1S/C11H14N2O4/c12-10(14)16-6-9(7-17-11(13)15)8-4-2-1-3-5-8/h1-5,9H,6-7H2,(H2,12,14)(H2,13,15)/i2D,3D,6D2,7D2,9D. The number of benzene rings is 1. The average molecular weight is 245 g/mol. The zero-order valence-corrected chi connectivity index (χ0v) is 8.52. The average Bonchev–Trinajstić information content (AvgIpc) is 2.32. The first kappa shape index (κ1) is 5.90. The van der Waals surface area contributed by atoms with Gasteiger partial charge in [-0.15, -0.1) is 0 Å². The lowest BCUT2D eigenvalue weighted by Crippen LogP contribution is -2.23. The van der Waals surface area contributed by atoms with E-state index in [4.69, 9.17) is 21.1 Å². The molecule has 0 aliphatic carbocycles. The SMILES string of the molecule is [2H]c1cc([2H])cc(C([2H])(C([2H])([2H])OC(N)=O)C([2H])([2H])OC(N)=O)c1. The molecule has 0 aliphatic heterocycles. The summed E-state index contributed by atoms with van der Waals surface area (Å²) >= 11 is 0. The molecule has 0 spiro atoms. The van der Waals surface area contributed by atoms with Crippen LogP contribution in [0.15, 0.2) is 30.3 Å². The van der Waals surface area contributed by atoms with Gasteiger partial charge in [0.05, 0.1) is 14.1 Å². The van der Waals surface area contributed by atoms with E-state index in [1.807, 2.05) is 0 Å². The second-order valence-corrected chi connectivity index (χ2v) is 2.64. The van der Waals surface area contributed by atoms with Gasteiger partial charge in [-0.05, 0) is 5.56 Å². The Hall–Kier alpha value is -2.24. The first-order chi connectivity index (χ1) is 10.7. The number of primary amides is 2. The molecule has 1 aromatic rings. The molecule has 92 valence electrons. The molecular formula is C11H14N2O4. The lowest BCUT2D eigenvalue weighted by molar-refractivity contribution is 0.116. The van der Waals surface area contributed by atoms with E-state index >= 15 is 0 Å². The van der Waals surface area contributed by atoms with Gasteiger partial charge in [-0.2, -0.15) is 0 Å². The molecule has 6 heteroatoms. The summed E-state index contributed by atoms with van der Waals surface area (Å²) in [5, 5.41) is 0. The summed E-state index contributed by atoms with van der Waals surface area (Å²) in [7, 11) is 0. The highest BCUT2D eigenvalue weighted by molar-refractivity contribution is 5.65. The number of amides is 2. The topological polar surface area (TPSA) is 105 Å². The van der Waals surface area contributed by atoms with Gasteiger partial charge in [0.1, 0.15) is 13.1 Å². The Balaban J connectivity index is 3.68. The van der Waals surface area contributed by atoms with Crippen molar-refractivity contribution in [3.8, 4) is 0 Å². The number of carbonyl (C=O) groups is 2. The molecule has 0 saturated carbocycles. The highest BCUT2D eigenvalue weighted by atomic mass is 16.6. The van der Waals surface area contributed by atoms with Gasteiger partial charge in [0.2, 0.25) is 0 Å². The van der Waals surface area contributed by atoms with Crippen molar-refractivity contribution in [1.82, 2.24) is 0 Å². The number of nitrogens with two attached hydrogens (primary N) is 2. The summed E-state index contributed by atoms with van der Waals surface area (Å²) < 4.78 is 62.7. The van der Waals surface area contributed by atoms with Crippen LogP contribution in [0.5, 0.6) is 0 Å². The molecule has 0 aromatic heterocycles. The van der Waals surface area contributed by atoms with Crippen molar-refractivity contribution in [1.29, 1.82) is 0 Å². The van der Waals surface area contributed by atoms with Gasteiger partial charge >= 0.3 is 12.2 Å². The van der Waals surface area contributed by atoms with Gasteiger partial charge in [0, 0.05) is 1.37 Å². The van der Waals surface area contributed by atoms with Crippen molar-refractivity contribution in [2.24, 2.45) is 11.5 Å². The van der Waals surface area contributed by atoms with Gasteiger partial charge in [0.15, 0.2) is 0 Å². The molecule has 0 atom stereocenters. The van der Waals surface area contributed by atoms with Gasteiger partial charge in [0.25, 0.3) is 0 Å². The zero-order chi connectivity index (χ0) is 18.9. The maximum absolute atomic E-state index is 10.9. The quantitative estimate of drug-likeness (QED) is 0.806. The predicted molar refractivity (Wildman–Crippen MR) is 60.3 cm³/mol. The fourth-order valence-electron chi connectivity index (χ4n) is 0.838. The molecule has 0 radical (unpaired) electrons. The molecular weight excluding hydrogens is 224 g/mol. The van der Waals surface area contributed by atoms with E-state index in [9.17, 15) is 9.59 Å². The van der Waals surface area contributed by atoms with Crippen LogP contribution in [0.3, 0.4) is 0 Å². The van der Waals surface area contributed by atoms with E-state index < -0.39 is 36.8 Å². The number of carbonyl (C=O) groups excluding carboxylic acids is 2. The molecule has 0 bridgehead atoms. The number of hydrogen-bond acceptors (Lipinski definition) is 4. The predicted octanol–water partition coefficient (Wildman–Crippen LogP) is 0.961. The van der Waals surface area contributed by atoms with Crippen LogP contribution < -0.4 is 11.5 Å². The maximum Gasteiger partial charge on any atom is 0.404 e. The van der Waals surface area contributed by atoms with Crippen LogP contribution in [0, 0.1) is 0 Å². The Morgan fingerprint density at radius 1 is 1.29 bits per heavy atom. The zero-order valence-electron chi connectivity index (χ0n) is 15.5. The van der Waals surface area contributed by atoms with Crippen molar-refractivity contribution in [2.45, 2.75) is 5.89 Å². The summed E-state index contributed by atoms with van der Waals surface area (Å²) in [6.07, 6.45) is -3.31. The summed E-state index contributed by atoms with van der Waals surface area (Å²) in [5.41, 5.74) is 8.89. The number of rotatable bonds is 5. The largest absolute Gasteiger partial charge is 0.449 e. The highest BCUT2D eigenvalue weighted by Crippen LogP contribution is 2.16. The minimum absolute atomic E-state index is 0.348. The Labute approximate surface area is 108 Å². The fourth-order valence-corrected chi connectivity index (χ4v) is 0.838. The molecule has 0 unspecified atom stereocenters. The molecule has 17 heavy (non-hydrogen) atoms. The third-order valence-corrected chi connectivity index (χ3v) is 1.44. The van der Waals surface area contributed by atoms with Crippen LogP contribution in [0.4, 0.5) is 9.59 Å². The second kappa shape index (κ2) is 6.37. The van der Waals surface area contributed by atoms with Crippen molar-refractivity contribution < 1.29 is 28.7 Å². The molecule has 1 rings (SSSR count). The summed E-state index contributed by atoms with van der Waals surface area (Å²) in [6.45, 7) is -6.89. The first-order valence-corrected chi connectivity index (χ1v) is 4.28. The second-order valence-electron chi connectivity index (χ2n) is 2.64. The molecule has 0 saturated heterocycles. The maximum atomic E-state index is 10.9. The lowest BCUT2D eigenvalue weighted by atomic mass is 10.0. The van der Waals surface area contributed by atoms with E-state index in [0.717, 1.165) is 18.2 Å². The van der Waals surface area contributed by atoms with Gasteiger partial charge in [-0.1, -0.05) is 30.3 Å². The monoisotopic (exact) mass is 245 g/mol. The molecule has 0 aliphatic rings. The summed E-state index contributed by atoms with van der Waals surface area (Å²) in [4.78, 5) is 21.8. The molecule has 0 fully saturated rings. The van der Waals surface area contributed by atoms with Crippen LogP contribution >= 0.6 is 0 Å². The van der Waals surface area contributed by atoms with Crippen LogP contribution in [0.1, 0.15) is 21.1 Å². The van der Waals surface area contributed by atoms with E-state index in [0.29, 0.717) is 0 Å². The van der Waals surface area contributed by atoms with Gasteiger partial charge < -0.3 is 20.9 Å². The van der Waals surface area contributed by atoms with Crippen LogP contribution in [0.25, 0.3) is 0 Å². The third-order valence-electron chi connectivity index (χ3n) is 1.44. The Kier molecular flexibility index (Phi) is 2.21. The highest BCUT2D eigenvalue weighted by Gasteiger charge is 2.15. The summed E-state index contributed by atoms with van der Waals surface area (Å²) in [5.74, 6) is -3.24. The fraction of sp³-hybridized carbons (Fsp3) is 0.273. The molecule has 0 heterocycles. The van der Waals surface area contributed by atoms with Crippen LogP contribution in [0.2, 0.25) is 0 Å². The Morgan fingerprint density at radius 2 is 1.76 bits per heavy atom. The molecule has 2 amide bonds. The van der Waals surface area contributed by atoms with Crippen LogP contribution in [-0.2, 0) is 9.47 Å². The Bertz CT molecular complexity index is 620. The normalized spacial score (nSPS) is 18.2. The van der Waals surface area contributed by atoms with E-state index in [-0.39, 0.29) is 12.1 Å². The first-order valence-electron chi connectivity index (χ1n) is 7.78. The van der Waals surface area contributed by atoms with E-state index in [1.165, 1.54) is 0 Å². The van der Waals surface area contributed by atoms with E-state index in [2.05, 4.69) is 9.47 Å². The van der Waals surface area contributed by atoms with E-state index in [1.54, 1.807) is 0 Å². The minimum atomic E-state index is -3.45. The molecule has 1 aromatic carbocycles. The summed E-state index contributed by atoms with van der Waals surface area (Å²) in [6, 6.07) is 2.06. The van der Waals surface area contributed by atoms with Gasteiger partial charge in [-0.3, -0.25) is 0 Å². The van der Waals surface area contributed by atoms with Crippen molar-refractivity contribution in [3.63, 3.8) is 0 Å². The lowest BCUT2D eigenvalue weighted by Gasteiger charge is -2.16. The van der Waals surface area contributed by atoms with Crippen molar-refractivity contribution >= 4 is 12.2 Å².